The van der Waals surface area contributed by atoms with Gasteiger partial charge in [0.25, 0.3) is 5.91 Å². The molecule has 0 saturated heterocycles. The molecule has 6 nitrogen and oxygen atoms in total. The summed E-state index contributed by atoms with van der Waals surface area (Å²) in [6.45, 7) is 5.32. The second kappa shape index (κ2) is 8.73. The monoisotopic (exact) mass is 352 g/mol. The lowest BCUT2D eigenvalue weighted by Crippen LogP contribution is -2.41. The van der Waals surface area contributed by atoms with Crippen LogP contribution in [0.1, 0.15) is 37.6 Å². The highest BCUT2D eigenvalue weighted by Gasteiger charge is 2.25. The number of hydrogen-bond donors (Lipinski definition) is 3. The highest BCUT2D eigenvalue weighted by atomic mass is 32.2. The normalized spacial score (nSPS) is 12.3. The molecule has 7 heteroatoms. The first-order chi connectivity index (χ1) is 11.2. The van der Waals surface area contributed by atoms with E-state index in [0.717, 1.165) is 0 Å². The molecule has 1 atom stereocenters. The third kappa shape index (κ3) is 5.88. The van der Waals surface area contributed by atoms with Crippen molar-refractivity contribution in [3.63, 3.8) is 0 Å². The van der Waals surface area contributed by atoms with Gasteiger partial charge in [0.05, 0.1) is 11.3 Å². The number of hydrogen-bond acceptors (Lipinski definition) is 4. The number of rotatable bonds is 7. The van der Waals surface area contributed by atoms with Crippen LogP contribution in [0, 0.1) is 5.41 Å². The number of nitrogens with one attached hydrogen (secondary N) is 2. The molecule has 1 aromatic rings. The lowest BCUT2D eigenvalue weighted by atomic mass is 9.95. The van der Waals surface area contributed by atoms with Crippen molar-refractivity contribution in [2.75, 3.05) is 17.3 Å². The van der Waals surface area contributed by atoms with Gasteiger partial charge in [-0.05, 0) is 30.6 Å². The second-order valence-corrected chi connectivity index (χ2v) is 7.38. The van der Waals surface area contributed by atoms with Gasteiger partial charge >= 0.3 is 5.97 Å². The smallest absolute Gasteiger partial charge is 0.326 e. The Balaban J connectivity index is 2.94. The van der Waals surface area contributed by atoms with Crippen molar-refractivity contribution >= 4 is 35.2 Å². The van der Waals surface area contributed by atoms with Gasteiger partial charge in [-0.2, -0.15) is 11.8 Å². The number of carboxylic acids is 1. The molecule has 0 aliphatic carbocycles. The molecule has 0 bridgehead atoms. The zero-order valence-electron chi connectivity index (χ0n) is 14.4. The highest BCUT2D eigenvalue weighted by Crippen LogP contribution is 2.20. The van der Waals surface area contributed by atoms with Crippen molar-refractivity contribution in [3.05, 3.63) is 29.8 Å². The summed E-state index contributed by atoms with van der Waals surface area (Å²) >= 11 is 1.51. The number of carbonyl (C=O) groups excluding carboxylic acids is 2. The Morgan fingerprint density at radius 1 is 1.21 bits per heavy atom. The lowest BCUT2D eigenvalue weighted by molar-refractivity contribution is -0.139. The van der Waals surface area contributed by atoms with Crippen LogP contribution in [0.2, 0.25) is 0 Å². The summed E-state index contributed by atoms with van der Waals surface area (Å²) in [4.78, 5) is 35.9. The number of benzene rings is 1. The van der Waals surface area contributed by atoms with Gasteiger partial charge in [-0.25, -0.2) is 4.79 Å². The number of amides is 2. The van der Waals surface area contributed by atoms with E-state index in [4.69, 9.17) is 0 Å². The molecule has 132 valence electrons. The summed E-state index contributed by atoms with van der Waals surface area (Å²) < 4.78 is 0. The van der Waals surface area contributed by atoms with Crippen LogP contribution < -0.4 is 10.6 Å². The van der Waals surface area contributed by atoms with E-state index in [2.05, 4.69) is 10.6 Å². The first kappa shape index (κ1) is 20.0. The average Bonchev–Trinajstić information content (AvgIpc) is 2.50. The van der Waals surface area contributed by atoms with Gasteiger partial charge < -0.3 is 15.7 Å². The molecule has 0 fully saturated rings. The summed E-state index contributed by atoms with van der Waals surface area (Å²) in [7, 11) is 0. The van der Waals surface area contributed by atoms with Crippen LogP contribution in [0.25, 0.3) is 0 Å². The summed E-state index contributed by atoms with van der Waals surface area (Å²) in [5.74, 6) is -1.19. The van der Waals surface area contributed by atoms with Gasteiger partial charge in [0.1, 0.15) is 6.04 Å². The first-order valence-electron chi connectivity index (χ1n) is 7.60. The van der Waals surface area contributed by atoms with E-state index in [1.54, 1.807) is 45.0 Å². The predicted molar refractivity (Wildman–Crippen MR) is 96.4 cm³/mol. The summed E-state index contributed by atoms with van der Waals surface area (Å²) in [5.41, 5.74) is 0.000337. The third-order valence-electron chi connectivity index (χ3n) is 3.32. The lowest BCUT2D eigenvalue weighted by Gasteiger charge is -2.20. The van der Waals surface area contributed by atoms with Crippen LogP contribution in [0.15, 0.2) is 24.3 Å². The van der Waals surface area contributed by atoms with E-state index in [1.807, 2.05) is 6.26 Å². The Bertz CT molecular complexity index is 611. The Morgan fingerprint density at radius 2 is 1.83 bits per heavy atom. The van der Waals surface area contributed by atoms with Crippen molar-refractivity contribution in [3.8, 4) is 0 Å². The van der Waals surface area contributed by atoms with Gasteiger partial charge in [0, 0.05) is 5.41 Å². The SMILES string of the molecule is CSCC[C@@H](NC(=O)c1ccccc1NC(=O)C(C)(C)C)C(=O)O. The fourth-order valence-corrected chi connectivity index (χ4v) is 2.30. The van der Waals surface area contributed by atoms with Crippen molar-refractivity contribution in [1.29, 1.82) is 0 Å². The highest BCUT2D eigenvalue weighted by molar-refractivity contribution is 7.98. The zero-order valence-corrected chi connectivity index (χ0v) is 15.2. The molecule has 3 N–H and O–H groups in total. The molecular weight excluding hydrogens is 328 g/mol. The minimum Gasteiger partial charge on any atom is -0.480 e. The number of carboxylic acid groups (broad SMARTS) is 1. The number of carbonyl (C=O) groups is 3. The van der Waals surface area contributed by atoms with Crippen LogP contribution in [-0.4, -0.2) is 40.9 Å². The Kier molecular flexibility index (Phi) is 7.28. The van der Waals surface area contributed by atoms with Gasteiger partial charge in [-0.1, -0.05) is 32.9 Å². The number of thioether (sulfide) groups is 1. The van der Waals surface area contributed by atoms with E-state index in [1.165, 1.54) is 11.8 Å². The Labute approximate surface area is 146 Å². The summed E-state index contributed by atoms with van der Waals surface area (Å²) in [6.07, 6.45) is 2.21. The summed E-state index contributed by atoms with van der Waals surface area (Å²) in [5, 5.41) is 14.5. The fraction of sp³-hybridized carbons (Fsp3) is 0.471. The van der Waals surface area contributed by atoms with Crippen molar-refractivity contribution < 1.29 is 19.5 Å². The molecule has 0 heterocycles. The maximum atomic E-state index is 12.4. The van der Waals surface area contributed by atoms with Gasteiger partial charge in [-0.15, -0.1) is 0 Å². The quantitative estimate of drug-likeness (QED) is 0.701. The van der Waals surface area contributed by atoms with Gasteiger partial charge in [-0.3, -0.25) is 9.59 Å². The molecule has 0 aliphatic rings. The minimum absolute atomic E-state index is 0.222. The second-order valence-electron chi connectivity index (χ2n) is 6.40. The van der Waals surface area contributed by atoms with Gasteiger partial charge in [0.2, 0.25) is 5.91 Å². The first-order valence-corrected chi connectivity index (χ1v) is 8.99. The molecule has 0 radical (unpaired) electrons. The molecular formula is C17H24N2O4S. The van der Waals surface area contributed by atoms with Crippen molar-refractivity contribution in [2.24, 2.45) is 5.41 Å². The number of aliphatic carboxylic acids is 1. The molecule has 24 heavy (non-hydrogen) atoms. The Morgan fingerprint density at radius 3 is 2.38 bits per heavy atom. The standard InChI is InChI=1S/C17H24N2O4S/c1-17(2,3)16(23)19-12-8-6-5-7-11(12)14(20)18-13(15(21)22)9-10-24-4/h5-8,13H,9-10H2,1-4H3,(H,18,20)(H,19,23)(H,21,22)/t13-/m1/s1. The largest absolute Gasteiger partial charge is 0.480 e. The van der Waals surface area contributed by atoms with Crippen LogP contribution in [0.4, 0.5) is 5.69 Å². The molecule has 1 aromatic carbocycles. The molecule has 0 aromatic heterocycles. The van der Waals surface area contributed by atoms with E-state index >= 15 is 0 Å². The molecule has 2 amide bonds. The predicted octanol–water partition coefficient (Wildman–Crippen LogP) is 2.61. The molecule has 0 aliphatic heterocycles. The molecule has 0 spiro atoms. The van der Waals surface area contributed by atoms with E-state index < -0.39 is 23.3 Å². The van der Waals surface area contributed by atoms with Crippen LogP contribution in [0.5, 0.6) is 0 Å². The van der Waals surface area contributed by atoms with Crippen LogP contribution in [0.3, 0.4) is 0 Å². The third-order valence-corrected chi connectivity index (χ3v) is 3.96. The summed E-state index contributed by atoms with van der Waals surface area (Å²) in [6, 6.07) is 5.59. The van der Waals surface area contributed by atoms with E-state index in [-0.39, 0.29) is 11.5 Å². The van der Waals surface area contributed by atoms with Crippen LogP contribution in [-0.2, 0) is 9.59 Å². The molecule has 0 saturated carbocycles. The maximum absolute atomic E-state index is 12.4. The Hall–Kier alpha value is -2.02. The topological polar surface area (TPSA) is 95.5 Å². The van der Waals surface area contributed by atoms with Crippen LogP contribution >= 0.6 is 11.8 Å². The fourth-order valence-electron chi connectivity index (χ4n) is 1.83. The number of para-hydroxylation sites is 1. The van der Waals surface area contributed by atoms with Crippen molar-refractivity contribution in [1.82, 2.24) is 5.32 Å². The molecule has 0 unspecified atom stereocenters. The minimum atomic E-state index is -1.08. The number of anilines is 1. The average molecular weight is 352 g/mol. The van der Waals surface area contributed by atoms with E-state index in [0.29, 0.717) is 17.9 Å². The van der Waals surface area contributed by atoms with Gasteiger partial charge in [0.15, 0.2) is 0 Å². The zero-order chi connectivity index (χ0) is 18.3. The maximum Gasteiger partial charge on any atom is 0.326 e. The van der Waals surface area contributed by atoms with Crippen molar-refractivity contribution in [2.45, 2.75) is 33.2 Å². The molecule has 1 rings (SSSR count). The van der Waals surface area contributed by atoms with E-state index in [9.17, 15) is 19.5 Å².